The molecule has 0 bridgehead atoms. The maximum atomic E-state index is 12.6. The molecule has 4 aromatic rings. The summed E-state index contributed by atoms with van der Waals surface area (Å²) in [5, 5.41) is 17.3. The Bertz CT molecular complexity index is 1480. The molecule has 0 saturated carbocycles. The summed E-state index contributed by atoms with van der Waals surface area (Å²) < 4.78 is 5.82. The number of nitriles is 1. The molecule has 0 saturated heterocycles. The number of fused-ring (bicyclic) bond motifs is 1. The molecule has 0 unspecified atom stereocenters. The predicted octanol–water partition coefficient (Wildman–Crippen LogP) is 6.07. The van der Waals surface area contributed by atoms with Crippen LogP contribution in [0.1, 0.15) is 29.7 Å². The molecule has 2 aromatic heterocycles. The number of nitrogens with one attached hydrogen (secondary N) is 2. The molecule has 8 nitrogen and oxygen atoms in total. The van der Waals surface area contributed by atoms with Crippen LogP contribution < -0.4 is 15.4 Å². The molecule has 0 aliphatic carbocycles. The third-order valence-corrected chi connectivity index (χ3v) is 6.22. The zero-order valence-electron chi connectivity index (χ0n) is 21.6. The van der Waals surface area contributed by atoms with Crippen LogP contribution in [-0.2, 0) is 11.4 Å². The van der Waals surface area contributed by atoms with Crippen molar-refractivity contribution in [3.63, 3.8) is 0 Å². The van der Waals surface area contributed by atoms with Crippen molar-refractivity contribution in [1.29, 1.82) is 5.26 Å². The van der Waals surface area contributed by atoms with Crippen molar-refractivity contribution in [1.82, 2.24) is 14.9 Å². The first-order valence-corrected chi connectivity index (χ1v) is 12.6. The monoisotopic (exact) mass is 528 g/mol. The Kier molecular flexibility index (Phi) is 8.74. The van der Waals surface area contributed by atoms with Gasteiger partial charge in [-0.15, -0.1) is 0 Å². The van der Waals surface area contributed by atoms with Gasteiger partial charge in [0.25, 0.3) is 0 Å². The highest BCUT2D eigenvalue weighted by atomic mass is 35.5. The fourth-order valence-electron chi connectivity index (χ4n) is 3.94. The second-order valence-electron chi connectivity index (χ2n) is 9.18. The lowest BCUT2D eigenvalue weighted by molar-refractivity contribution is -0.116. The summed E-state index contributed by atoms with van der Waals surface area (Å²) >= 11 is 6.50. The van der Waals surface area contributed by atoms with E-state index in [0.29, 0.717) is 57.3 Å². The summed E-state index contributed by atoms with van der Waals surface area (Å²) in [7, 11) is 3.96. The minimum Gasteiger partial charge on any atom is -0.486 e. The minimum atomic E-state index is -0.0544. The molecule has 194 valence electrons. The van der Waals surface area contributed by atoms with Crippen molar-refractivity contribution in [2.24, 2.45) is 0 Å². The largest absolute Gasteiger partial charge is 0.486 e. The van der Waals surface area contributed by atoms with Crippen LogP contribution in [0.4, 0.5) is 17.1 Å². The number of anilines is 3. The van der Waals surface area contributed by atoms with Crippen molar-refractivity contribution in [2.75, 3.05) is 31.3 Å². The number of carbonyl (C=O) groups is 1. The van der Waals surface area contributed by atoms with Crippen LogP contribution in [0.2, 0.25) is 5.02 Å². The molecule has 0 aliphatic rings. The normalized spacial score (nSPS) is 10.8. The number of ether oxygens (including phenoxy) is 1. The first-order chi connectivity index (χ1) is 18.3. The summed E-state index contributed by atoms with van der Waals surface area (Å²) in [6, 6.07) is 16.9. The standard InChI is InChI=1S/C29H29ClN6O2/c1-19-13-26-23(15-25(19)35-28(37)8-6-12-36(2)3)29(20(16-31)17-33-26)34-21-9-10-27(24(30)14-21)38-18-22-7-4-5-11-32-22/h4-5,7,9-11,13-15,17H,6,8,12,18H2,1-3H3,(H,33,34)(H,35,37). The maximum Gasteiger partial charge on any atom is 0.224 e. The lowest BCUT2D eigenvalue weighted by Crippen LogP contribution is -2.17. The number of rotatable bonds is 10. The number of halogens is 1. The van der Waals surface area contributed by atoms with Gasteiger partial charge in [-0.25, -0.2) is 0 Å². The molecule has 0 aliphatic heterocycles. The molecule has 0 fully saturated rings. The number of pyridine rings is 2. The van der Waals surface area contributed by atoms with E-state index in [0.717, 1.165) is 24.2 Å². The SMILES string of the molecule is Cc1cc2ncc(C#N)c(Nc3ccc(OCc4ccccn4)c(Cl)c3)c2cc1NC(=O)CCCN(C)C. The Balaban J connectivity index is 1.58. The topological polar surface area (TPSA) is 103 Å². The van der Waals surface area contributed by atoms with E-state index in [9.17, 15) is 10.1 Å². The highest BCUT2D eigenvalue weighted by Gasteiger charge is 2.14. The molecule has 9 heteroatoms. The van der Waals surface area contributed by atoms with E-state index in [1.165, 1.54) is 6.20 Å². The number of hydrogen-bond donors (Lipinski definition) is 2. The van der Waals surface area contributed by atoms with Gasteiger partial charge in [0.15, 0.2) is 0 Å². The Labute approximate surface area is 227 Å². The Morgan fingerprint density at radius 1 is 1.16 bits per heavy atom. The lowest BCUT2D eigenvalue weighted by Gasteiger charge is -2.16. The van der Waals surface area contributed by atoms with E-state index in [1.54, 1.807) is 18.3 Å². The van der Waals surface area contributed by atoms with E-state index < -0.39 is 0 Å². The van der Waals surface area contributed by atoms with Crippen molar-refractivity contribution < 1.29 is 9.53 Å². The number of benzene rings is 2. The van der Waals surface area contributed by atoms with Gasteiger partial charge in [0.05, 0.1) is 27.5 Å². The summed E-state index contributed by atoms with van der Waals surface area (Å²) in [5.74, 6) is 0.471. The van der Waals surface area contributed by atoms with Gasteiger partial charge in [0.2, 0.25) is 5.91 Å². The fourth-order valence-corrected chi connectivity index (χ4v) is 4.18. The number of hydrogen-bond acceptors (Lipinski definition) is 7. The summed E-state index contributed by atoms with van der Waals surface area (Å²) in [6.45, 7) is 3.05. The molecule has 2 N–H and O–H groups in total. The lowest BCUT2D eigenvalue weighted by atomic mass is 10.0. The van der Waals surface area contributed by atoms with Crippen LogP contribution in [0, 0.1) is 18.3 Å². The Morgan fingerprint density at radius 3 is 2.71 bits per heavy atom. The number of nitrogens with zero attached hydrogens (tertiary/aromatic N) is 4. The van der Waals surface area contributed by atoms with Gasteiger partial charge in [0.1, 0.15) is 18.4 Å². The van der Waals surface area contributed by atoms with Crippen molar-refractivity contribution in [3.05, 3.63) is 82.8 Å². The second kappa shape index (κ2) is 12.4. The molecular weight excluding hydrogens is 500 g/mol. The van der Waals surface area contributed by atoms with E-state index in [2.05, 4.69) is 26.7 Å². The number of amides is 1. The molecule has 0 radical (unpaired) electrons. The van der Waals surface area contributed by atoms with Crippen LogP contribution in [0.5, 0.6) is 5.75 Å². The summed E-state index contributed by atoms with van der Waals surface area (Å²) in [4.78, 5) is 23.3. The average Bonchev–Trinajstić information content (AvgIpc) is 2.89. The Morgan fingerprint density at radius 2 is 2.00 bits per heavy atom. The fraction of sp³-hybridized carbons (Fsp3) is 0.241. The third-order valence-electron chi connectivity index (χ3n) is 5.92. The van der Waals surface area contributed by atoms with Gasteiger partial charge in [-0.2, -0.15) is 5.26 Å². The first-order valence-electron chi connectivity index (χ1n) is 12.2. The van der Waals surface area contributed by atoms with E-state index in [4.69, 9.17) is 16.3 Å². The zero-order valence-corrected chi connectivity index (χ0v) is 22.3. The van der Waals surface area contributed by atoms with Gasteiger partial charge in [-0.05, 0) is 82.0 Å². The van der Waals surface area contributed by atoms with Crippen LogP contribution in [0.15, 0.2) is 60.9 Å². The van der Waals surface area contributed by atoms with Gasteiger partial charge in [-0.1, -0.05) is 17.7 Å². The van der Waals surface area contributed by atoms with Crippen LogP contribution >= 0.6 is 11.6 Å². The van der Waals surface area contributed by atoms with Crippen LogP contribution in [-0.4, -0.2) is 41.4 Å². The zero-order chi connectivity index (χ0) is 27.1. The highest BCUT2D eigenvalue weighted by molar-refractivity contribution is 6.32. The average molecular weight is 529 g/mol. The van der Waals surface area contributed by atoms with E-state index in [-0.39, 0.29) is 5.91 Å². The van der Waals surface area contributed by atoms with Gasteiger partial charge in [0, 0.05) is 35.6 Å². The van der Waals surface area contributed by atoms with Crippen molar-refractivity contribution >= 4 is 45.5 Å². The number of aromatic nitrogens is 2. The van der Waals surface area contributed by atoms with Crippen molar-refractivity contribution in [3.8, 4) is 11.8 Å². The molecule has 4 rings (SSSR count). The maximum absolute atomic E-state index is 12.6. The van der Waals surface area contributed by atoms with Crippen LogP contribution in [0.3, 0.4) is 0 Å². The molecule has 2 aromatic carbocycles. The van der Waals surface area contributed by atoms with E-state index >= 15 is 0 Å². The second-order valence-corrected chi connectivity index (χ2v) is 9.59. The van der Waals surface area contributed by atoms with Gasteiger partial charge >= 0.3 is 0 Å². The molecular formula is C29H29ClN6O2. The van der Waals surface area contributed by atoms with Crippen molar-refractivity contribution in [2.45, 2.75) is 26.4 Å². The number of carbonyl (C=O) groups excluding carboxylic acids is 1. The molecule has 1 amide bonds. The Hall–Kier alpha value is -4.19. The van der Waals surface area contributed by atoms with E-state index in [1.807, 2.05) is 62.3 Å². The first kappa shape index (κ1) is 26.9. The summed E-state index contributed by atoms with van der Waals surface area (Å²) in [5.41, 5.74) is 4.70. The van der Waals surface area contributed by atoms with Gasteiger partial charge in [-0.3, -0.25) is 14.8 Å². The minimum absolute atomic E-state index is 0.0544. The molecule has 38 heavy (non-hydrogen) atoms. The number of aryl methyl sites for hydroxylation is 1. The molecule has 0 spiro atoms. The highest BCUT2D eigenvalue weighted by Crippen LogP contribution is 2.35. The quantitative estimate of drug-likeness (QED) is 0.257. The van der Waals surface area contributed by atoms with Crippen LogP contribution in [0.25, 0.3) is 10.9 Å². The summed E-state index contributed by atoms with van der Waals surface area (Å²) in [6.07, 6.45) is 4.43. The molecule has 2 heterocycles. The third kappa shape index (κ3) is 6.76. The van der Waals surface area contributed by atoms with Gasteiger partial charge < -0.3 is 20.3 Å². The molecule has 0 atom stereocenters. The predicted molar refractivity (Wildman–Crippen MR) is 151 cm³/mol. The smallest absolute Gasteiger partial charge is 0.224 e.